The zero-order chi connectivity index (χ0) is 27.4. The van der Waals surface area contributed by atoms with E-state index in [1.165, 1.54) is 10.4 Å². The third kappa shape index (κ3) is 4.62. The summed E-state index contributed by atoms with van der Waals surface area (Å²) in [6, 6.07) is 21.1. The van der Waals surface area contributed by atoms with E-state index in [1.807, 2.05) is 12.1 Å². The second-order valence-electron chi connectivity index (χ2n) is 13.7. The molecule has 1 saturated heterocycles. The Morgan fingerprint density at radius 2 is 1.58 bits per heavy atom. The predicted octanol–water partition coefficient (Wildman–Crippen LogP) is 3.90. The SMILES string of the molecule is CC1(C)[C@@H]2CC[C@@]1(CS(=O)(=O)C[C@@H]1C[C@@H](O[Si](c3ccccc3)(c3ccccc3)C(C)(C)C)CN1)C(O)C2. The van der Waals surface area contributed by atoms with Gasteiger partial charge in [0.05, 0.1) is 23.7 Å². The molecule has 2 aliphatic carbocycles. The first-order chi connectivity index (χ1) is 17.8. The molecule has 3 aliphatic rings. The molecular weight excluding hydrogens is 510 g/mol. The highest BCUT2D eigenvalue weighted by molar-refractivity contribution is 7.91. The maximum absolute atomic E-state index is 13.6. The van der Waals surface area contributed by atoms with Crippen molar-refractivity contribution in [2.24, 2.45) is 16.7 Å². The third-order valence-electron chi connectivity index (χ3n) is 10.3. The molecule has 2 saturated carbocycles. The van der Waals surface area contributed by atoms with Gasteiger partial charge in [0.15, 0.2) is 9.84 Å². The lowest BCUT2D eigenvalue weighted by Gasteiger charge is -2.44. The first-order valence-electron chi connectivity index (χ1n) is 14.2. The summed E-state index contributed by atoms with van der Waals surface area (Å²) in [5.41, 5.74) is -0.655. The first-order valence-corrected chi connectivity index (χ1v) is 17.9. The van der Waals surface area contributed by atoms with Crippen molar-refractivity contribution in [2.75, 3.05) is 18.1 Å². The van der Waals surface area contributed by atoms with Gasteiger partial charge in [-0.2, -0.15) is 0 Å². The number of nitrogens with one attached hydrogen (secondary N) is 1. The molecule has 38 heavy (non-hydrogen) atoms. The van der Waals surface area contributed by atoms with Crippen LogP contribution in [0.5, 0.6) is 0 Å². The minimum absolute atomic E-state index is 0.0657. The highest BCUT2D eigenvalue weighted by atomic mass is 32.2. The minimum atomic E-state index is -3.36. The third-order valence-corrected chi connectivity index (χ3v) is 17.2. The molecule has 5 rings (SSSR count). The van der Waals surface area contributed by atoms with E-state index in [9.17, 15) is 13.5 Å². The van der Waals surface area contributed by atoms with E-state index in [0.717, 1.165) is 19.3 Å². The molecule has 1 heterocycles. The van der Waals surface area contributed by atoms with Crippen LogP contribution in [0.25, 0.3) is 0 Å². The molecule has 2 bridgehead atoms. The summed E-state index contributed by atoms with van der Waals surface area (Å²) in [7, 11) is -6.06. The number of benzene rings is 2. The molecule has 1 unspecified atom stereocenters. The van der Waals surface area contributed by atoms with Crippen molar-refractivity contribution in [2.45, 2.75) is 83.6 Å². The fourth-order valence-electron chi connectivity index (χ4n) is 8.08. The highest BCUT2D eigenvalue weighted by Gasteiger charge is 2.65. The summed E-state index contributed by atoms with van der Waals surface area (Å²) in [4.78, 5) is 0. The number of hydrogen-bond donors (Lipinski definition) is 2. The zero-order valence-corrected chi connectivity index (χ0v) is 25.4. The molecular formula is C31H45NO4SSi. The molecule has 0 aromatic heterocycles. The number of aliphatic hydroxyl groups excluding tert-OH is 1. The Hall–Kier alpha value is -1.51. The van der Waals surface area contributed by atoms with Crippen LogP contribution in [0.3, 0.4) is 0 Å². The van der Waals surface area contributed by atoms with Gasteiger partial charge in [-0.05, 0) is 52.4 Å². The Balaban J connectivity index is 1.36. The summed E-state index contributed by atoms with van der Waals surface area (Å²) in [5.74, 6) is 0.605. The van der Waals surface area contributed by atoms with Crippen LogP contribution in [-0.2, 0) is 14.3 Å². The second-order valence-corrected chi connectivity index (χ2v) is 20.0. The van der Waals surface area contributed by atoms with E-state index in [2.05, 4.69) is 88.5 Å². The minimum Gasteiger partial charge on any atom is -0.403 e. The van der Waals surface area contributed by atoms with Crippen LogP contribution in [0.15, 0.2) is 60.7 Å². The Morgan fingerprint density at radius 1 is 1.00 bits per heavy atom. The van der Waals surface area contributed by atoms with Crippen molar-refractivity contribution in [3.63, 3.8) is 0 Å². The monoisotopic (exact) mass is 555 g/mol. The number of aliphatic hydroxyl groups is 1. The van der Waals surface area contributed by atoms with Crippen molar-refractivity contribution in [3.8, 4) is 0 Å². The van der Waals surface area contributed by atoms with Crippen molar-refractivity contribution in [1.82, 2.24) is 5.32 Å². The fourth-order valence-corrected chi connectivity index (χ4v) is 15.3. The number of fused-ring (bicyclic) bond motifs is 2. The quantitative estimate of drug-likeness (QED) is 0.484. The molecule has 1 aliphatic heterocycles. The maximum atomic E-state index is 13.6. The molecule has 0 spiro atoms. The van der Waals surface area contributed by atoms with Gasteiger partial charge < -0.3 is 14.8 Å². The van der Waals surface area contributed by atoms with Gasteiger partial charge in [-0.3, -0.25) is 0 Å². The lowest BCUT2D eigenvalue weighted by molar-refractivity contribution is 0.0153. The van der Waals surface area contributed by atoms with Gasteiger partial charge in [0.25, 0.3) is 8.32 Å². The van der Waals surface area contributed by atoms with Gasteiger partial charge in [-0.15, -0.1) is 0 Å². The fraction of sp³-hybridized carbons (Fsp3) is 0.613. The zero-order valence-electron chi connectivity index (χ0n) is 23.6. The molecule has 2 aromatic carbocycles. The molecule has 208 valence electrons. The second kappa shape index (κ2) is 9.84. The van der Waals surface area contributed by atoms with Crippen LogP contribution < -0.4 is 15.7 Å². The van der Waals surface area contributed by atoms with E-state index in [1.54, 1.807) is 0 Å². The molecule has 3 fully saturated rings. The van der Waals surface area contributed by atoms with E-state index < -0.39 is 29.7 Å². The number of sulfone groups is 1. The Labute approximate surface area is 230 Å². The van der Waals surface area contributed by atoms with Crippen LogP contribution in [0.2, 0.25) is 5.04 Å². The topological polar surface area (TPSA) is 75.6 Å². The Kier molecular flexibility index (Phi) is 7.26. The summed E-state index contributed by atoms with van der Waals surface area (Å²) in [5, 5.41) is 16.7. The average molecular weight is 556 g/mol. The number of hydrogen-bond acceptors (Lipinski definition) is 5. The lowest BCUT2D eigenvalue weighted by atomic mass is 9.70. The molecule has 7 heteroatoms. The van der Waals surface area contributed by atoms with Crippen LogP contribution in [0.4, 0.5) is 0 Å². The largest absolute Gasteiger partial charge is 0.403 e. The van der Waals surface area contributed by atoms with Gasteiger partial charge >= 0.3 is 0 Å². The maximum Gasteiger partial charge on any atom is 0.261 e. The van der Waals surface area contributed by atoms with E-state index in [4.69, 9.17) is 4.43 Å². The van der Waals surface area contributed by atoms with Gasteiger partial charge in [-0.1, -0.05) is 95.3 Å². The van der Waals surface area contributed by atoms with Crippen LogP contribution in [0, 0.1) is 16.7 Å². The molecule has 0 radical (unpaired) electrons. The standard InChI is InChI=1S/C31H45NO4SSi/c1-29(2,3)38(26-12-8-6-9-13-26,27-14-10-7-11-15-27)36-25-19-24(32-20-25)21-37(34,35)22-31-17-16-23(18-28(31)33)30(31,4)5/h6-15,23-25,28,32-33H,16-22H2,1-5H3/t23-,24+,25-,28?,31-/m1/s1. The smallest absolute Gasteiger partial charge is 0.261 e. The van der Waals surface area contributed by atoms with Crippen LogP contribution >= 0.6 is 0 Å². The van der Waals surface area contributed by atoms with Gasteiger partial charge in [0.2, 0.25) is 0 Å². The van der Waals surface area contributed by atoms with E-state index in [-0.39, 0.29) is 34.1 Å². The van der Waals surface area contributed by atoms with E-state index >= 15 is 0 Å². The molecule has 2 aromatic rings. The number of rotatable bonds is 8. The van der Waals surface area contributed by atoms with Crippen molar-refractivity contribution in [3.05, 3.63) is 60.7 Å². The highest BCUT2D eigenvalue weighted by Crippen LogP contribution is 2.66. The first kappa shape index (κ1) is 28.0. The van der Waals surface area contributed by atoms with Gasteiger partial charge in [0.1, 0.15) is 0 Å². The molecule has 2 N–H and O–H groups in total. The average Bonchev–Trinajstić information content (AvgIpc) is 3.44. The summed E-state index contributed by atoms with van der Waals surface area (Å²) < 4.78 is 34.4. The Bertz CT molecular complexity index is 1190. The van der Waals surface area contributed by atoms with Gasteiger partial charge in [0, 0.05) is 18.0 Å². The summed E-state index contributed by atoms with van der Waals surface area (Å²) >= 11 is 0. The lowest BCUT2D eigenvalue weighted by Crippen LogP contribution is -2.67. The summed E-state index contributed by atoms with van der Waals surface area (Å²) in [6.45, 7) is 11.8. The molecule has 0 amide bonds. The summed E-state index contributed by atoms with van der Waals surface area (Å²) in [6.07, 6.45) is 2.65. The van der Waals surface area contributed by atoms with Gasteiger partial charge in [-0.25, -0.2) is 8.42 Å². The predicted molar refractivity (Wildman–Crippen MR) is 157 cm³/mol. The molecule has 5 atom stereocenters. The normalized spacial score (nSPS) is 31.1. The molecule has 5 nitrogen and oxygen atoms in total. The Morgan fingerprint density at radius 3 is 2.05 bits per heavy atom. The van der Waals surface area contributed by atoms with Crippen LogP contribution in [0.1, 0.15) is 60.3 Å². The van der Waals surface area contributed by atoms with Crippen molar-refractivity contribution < 1.29 is 18.0 Å². The van der Waals surface area contributed by atoms with Crippen molar-refractivity contribution in [1.29, 1.82) is 0 Å². The van der Waals surface area contributed by atoms with Crippen molar-refractivity contribution >= 4 is 28.5 Å². The van der Waals surface area contributed by atoms with Crippen LogP contribution in [-0.4, -0.2) is 58.1 Å². The van der Waals surface area contributed by atoms with E-state index in [0.29, 0.717) is 18.9 Å².